The quantitative estimate of drug-likeness (QED) is 0.642. The first kappa shape index (κ1) is 12.9. The van der Waals surface area contributed by atoms with Gasteiger partial charge in [0.05, 0.1) is 0 Å². The predicted octanol–water partition coefficient (Wildman–Crippen LogP) is 1.11. The normalized spacial score (nSPS) is 29.4. The Morgan fingerprint density at radius 1 is 1.33 bits per heavy atom. The number of hydrogen-bond donors (Lipinski definition) is 3. The van der Waals surface area contributed by atoms with E-state index in [4.69, 9.17) is 5.73 Å². The second-order valence-corrected chi connectivity index (χ2v) is 5.09. The van der Waals surface area contributed by atoms with Crippen LogP contribution >= 0.6 is 0 Å². The lowest BCUT2D eigenvalue weighted by Gasteiger charge is -2.35. The lowest BCUT2D eigenvalue weighted by molar-refractivity contribution is 0.141. The molecule has 3 atom stereocenters. The SMILES string of the molecule is CC(C)C(CN)NC1CCCCC1CO. The third-order valence-electron chi connectivity index (χ3n) is 3.63. The van der Waals surface area contributed by atoms with Crippen molar-refractivity contribution >= 4 is 0 Å². The topological polar surface area (TPSA) is 58.3 Å². The molecule has 90 valence electrons. The molecule has 3 nitrogen and oxygen atoms in total. The summed E-state index contributed by atoms with van der Waals surface area (Å²) >= 11 is 0. The number of nitrogens with two attached hydrogens (primary N) is 1. The average molecular weight is 214 g/mol. The maximum Gasteiger partial charge on any atom is 0.0474 e. The molecule has 1 rings (SSSR count). The molecule has 0 aliphatic heterocycles. The number of aliphatic hydroxyl groups is 1. The van der Waals surface area contributed by atoms with Crippen molar-refractivity contribution in [2.24, 2.45) is 17.6 Å². The molecule has 1 saturated carbocycles. The van der Waals surface area contributed by atoms with Gasteiger partial charge in [0, 0.05) is 25.2 Å². The fraction of sp³-hybridized carbons (Fsp3) is 1.00. The van der Waals surface area contributed by atoms with E-state index >= 15 is 0 Å². The van der Waals surface area contributed by atoms with Crippen LogP contribution in [0.25, 0.3) is 0 Å². The maximum absolute atomic E-state index is 9.31. The van der Waals surface area contributed by atoms with E-state index in [1.807, 2.05) is 0 Å². The minimum absolute atomic E-state index is 0.313. The van der Waals surface area contributed by atoms with Gasteiger partial charge in [-0.05, 0) is 24.7 Å². The Bertz CT molecular complexity index is 173. The zero-order chi connectivity index (χ0) is 11.3. The van der Waals surface area contributed by atoms with Gasteiger partial charge in [0.2, 0.25) is 0 Å². The Morgan fingerprint density at radius 2 is 2.00 bits per heavy atom. The van der Waals surface area contributed by atoms with E-state index in [2.05, 4.69) is 19.2 Å². The van der Waals surface area contributed by atoms with E-state index in [0.717, 1.165) is 6.42 Å². The molecule has 0 amide bonds. The summed E-state index contributed by atoms with van der Waals surface area (Å²) in [7, 11) is 0. The van der Waals surface area contributed by atoms with Crippen LogP contribution in [0.3, 0.4) is 0 Å². The summed E-state index contributed by atoms with van der Waals surface area (Å²) in [6, 6.07) is 0.863. The standard InChI is InChI=1S/C12H26N2O/c1-9(2)12(7-13)14-11-6-4-3-5-10(11)8-15/h9-12,14-15H,3-8,13H2,1-2H3. The van der Waals surface area contributed by atoms with Crippen molar-refractivity contribution in [3.05, 3.63) is 0 Å². The van der Waals surface area contributed by atoms with Gasteiger partial charge in [0.25, 0.3) is 0 Å². The van der Waals surface area contributed by atoms with Gasteiger partial charge in [-0.2, -0.15) is 0 Å². The van der Waals surface area contributed by atoms with Crippen LogP contribution < -0.4 is 11.1 Å². The van der Waals surface area contributed by atoms with Crippen LogP contribution in [0.2, 0.25) is 0 Å². The zero-order valence-corrected chi connectivity index (χ0v) is 10.1. The lowest BCUT2D eigenvalue weighted by Crippen LogP contribution is -2.50. The van der Waals surface area contributed by atoms with Crippen molar-refractivity contribution in [3.63, 3.8) is 0 Å². The molecule has 0 saturated heterocycles. The maximum atomic E-state index is 9.31. The third-order valence-corrected chi connectivity index (χ3v) is 3.63. The molecule has 0 spiro atoms. The van der Waals surface area contributed by atoms with Crippen molar-refractivity contribution < 1.29 is 5.11 Å². The van der Waals surface area contributed by atoms with E-state index in [9.17, 15) is 5.11 Å². The molecule has 4 N–H and O–H groups in total. The minimum atomic E-state index is 0.313. The molecule has 3 heteroatoms. The number of nitrogens with one attached hydrogen (secondary N) is 1. The largest absolute Gasteiger partial charge is 0.396 e. The zero-order valence-electron chi connectivity index (χ0n) is 10.1. The van der Waals surface area contributed by atoms with Crippen LogP contribution in [0.4, 0.5) is 0 Å². The molecular formula is C12H26N2O. The molecule has 3 unspecified atom stereocenters. The van der Waals surface area contributed by atoms with E-state index in [-0.39, 0.29) is 0 Å². The highest BCUT2D eigenvalue weighted by Gasteiger charge is 2.26. The monoisotopic (exact) mass is 214 g/mol. The molecule has 0 radical (unpaired) electrons. The van der Waals surface area contributed by atoms with Crippen LogP contribution in [-0.4, -0.2) is 30.3 Å². The summed E-state index contributed by atoms with van der Waals surface area (Å²) in [5.41, 5.74) is 5.75. The molecular weight excluding hydrogens is 188 g/mol. The van der Waals surface area contributed by atoms with Crippen LogP contribution in [0.1, 0.15) is 39.5 Å². The first-order valence-electron chi connectivity index (χ1n) is 6.26. The summed E-state index contributed by atoms with van der Waals surface area (Å²) in [5, 5.41) is 12.9. The lowest BCUT2D eigenvalue weighted by atomic mass is 9.84. The molecule has 1 aliphatic carbocycles. The molecule has 0 heterocycles. The second kappa shape index (κ2) is 6.46. The molecule has 1 fully saturated rings. The van der Waals surface area contributed by atoms with Crippen molar-refractivity contribution in [1.29, 1.82) is 0 Å². The Morgan fingerprint density at radius 3 is 2.53 bits per heavy atom. The molecule has 0 aromatic rings. The summed E-state index contributed by atoms with van der Waals surface area (Å²) < 4.78 is 0. The van der Waals surface area contributed by atoms with Crippen LogP contribution in [-0.2, 0) is 0 Å². The van der Waals surface area contributed by atoms with E-state index < -0.39 is 0 Å². The Labute approximate surface area is 93.4 Å². The first-order chi connectivity index (χ1) is 7.19. The number of aliphatic hydroxyl groups excluding tert-OH is 1. The molecule has 0 bridgehead atoms. The fourth-order valence-corrected chi connectivity index (χ4v) is 2.45. The van der Waals surface area contributed by atoms with Gasteiger partial charge in [0.1, 0.15) is 0 Å². The highest BCUT2D eigenvalue weighted by Crippen LogP contribution is 2.24. The Hall–Kier alpha value is -0.120. The van der Waals surface area contributed by atoms with Crippen LogP contribution in [0.15, 0.2) is 0 Å². The summed E-state index contributed by atoms with van der Waals surface area (Å²) in [5.74, 6) is 1.00. The van der Waals surface area contributed by atoms with E-state index in [1.54, 1.807) is 0 Å². The van der Waals surface area contributed by atoms with Gasteiger partial charge in [0.15, 0.2) is 0 Å². The molecule has 0 aromatic heterocycles. The Balaban J connectivity index is 2.46. The van der Waals surface area contributed by atoms with Crippen molar-refractivity contribution in [2.75, 3.05) is 13.2 Å². The van der Waals surface area contributed by atoms with Crippen molar-refractivity contribution in [3.8, 4) is 0 Å². The van der Waals surface area contributed by atoms with Gasteiger partial charge < -0.3 is 16.2 Å². The van der Waals surface area contributed by atoms with Crippen molar-refractivity contribution in [2.45, 2.75) is 51.6 Å². The molecule has 1 aliphatic rings. The third kappa shape index (κ3) is 3.74. The van der Waals surface area contributed by atoms with Gasteiger partial charge >= 0.3 is 0 Å². The van der Waals surface area contributed by atoms with E-state index in [1.165, 1.54) is 19.3 Å². The van der Waals surface area contributed by atoms with Gasteiger partial charge in [-0.3, -0.25) is 0 Å². The highest BCUT2D eigenvalue weighted by molar-refractivity contribution is 4.85. The molecule has 15 heavy (non-hydrogen) atoms. The van der Waals surface area contributed by atoms with Gasteiger partial charge in [-0.15, -0.1) is 0 Å². The van der Waals surface area contributed by atoms with Gasteiger partial charge in [-0.1, -0.05) is 26.7 Å². The smallest absolute Gasteiger partial charge is 0.0474 e. The number of hydrogen-bond acceptors (Lipinski definition) is 3. The fourth-order valence-electron chi connectivity index (χ4n) is 2.45. The first-order valence-corrected chi connectivity index (χ1v) is 6.26. The predicted molar refractivity (Wildman–Crippen MR) is 63.6 cm³/mol. The highest BCUT2D eigenvalue weighted by atomic mass is 16.3. The van der Waals surface area contributed by atoms with Gasteiger partial charge in [-0.25, -0.2) is 0 Å². The number of rotatable bonds is 5. The van der Waals surface area contributed by atoms with Crippen LogP contribution in [0, 0.1) is 11.8 Å². The minimum Gasteiger partial charge on any atom is -0.396 e. The summed E-state index contributed by atoms with van der Waals surface area (Å²) in [6.07, 6.45) is 4.89. The van der Waals surface area contributed by atoms with Crippen molar-refractivity contribution in [1.82, 2.24) is 5.32 Å². The average Bonchev–Trinajstić information content (AvgIpc) is 2.25. The summed E-state index contributed by atoms with van der Waals surface area (Å²) in [4.78, 5) is 0. The second-order valence-electron chi connectivity index (χ2n) is 5.09. The Kier molecular flexibility index (Phi) is 5.58. The summed E-state index contributed by atoms with van der Waals surface area (Å²) in [6.45, 7) is 5.39. The van der Waals surface area contributed by atoms with E-state index in [0.29, 0.717) is 37.1 Å². The van der Waals surface area contributed by atoms with Crippen LogP contribution in [0.5, 0.6) is 0 Å². The molecule has 0 aromatic carbocycles.